The summed E-state index contributed by atoms with van der Waals surface area (Å²) in [6.45, 7) is 0. The van der Waals surface area contributed by atoms with Crippen molar-refractivity contribution in [1.29, 1.82) is 0 Å². The van der Waals surface area contributed by atoms with Crippen LogP contribution >= 0.6 is 0 Å². The molecule has 1 aromatic heterocycles. The molecule has 3 aromatic rings. The van der Waals surface area contributed by atoms with Gasteiger partial charge < -0.3 is 15.2 Å². The van der Waals surface area contributed by atoms with Gasteiger partial charge in [-0.1, -0.05) is 18.2 Å². The number of benzene rings is 2. The predicted octanol–water partition coefficient (Wildman–Crippen LogP) is 2.57. The van der Waals surface area contributed by atoms with E-state index in [4.69, 9.17) is 15.2 Å². The van der Waals surface area contributed by atoms with E-state index < -0.39 is 11.9 Å². The summed E-state index contributed by atoms with van der Waals surface area (Å²) in [6.07, 6.45) is -0.0624. The minimum Gasteiger partial charge on any atom is -0.422 e. The normalized spacial score (nSPS) is 14.8. The van der Waals surface area contributed by atoms with Crippen LogP contribution in [0.1, 0.15) is 12.8 Å². The van der Waals surface area contributed by atoms with Crippen molar-refractivity contribution < 1.29 is 19.1 Å². The van der Waals surface area contributed by atoms with Crippen LogP contribution in [-0.2, 0) is 9.59 Å². The van der Waals surface area contributed by atoms with E-state index in [-0.39, 0.29) is 30.0 Å². The highest BCUT2D eigenvalue weighted by molar-refractivity contribution is 6.03. The molecule has 0 atom stereocenters. The molecule has 2 N–H and O–H groups in total. The van der Waals surface area contributed by atoms with Gasteiger partial charge in [0, 0.05) is 16.8 Å². The van der Waals surface area contributed by atoms with Gasteiger partial charge in [-0.3, -0.25) is 9.59 Å². The molecule has 4 rings (SSSR count). The van der Waals surface area contributed by atoms with Crippen LogP contribution in [0.2, 0.25) is 0 Å². The van der Waals surface area contributed by atoms with Gasteiger partial charge in [-0.25, -0.2) is 4.98 Å². The molecular formula is C17H12N2O4. The molecule has 0 amide bonds. The van der Waals surface area contributed by atoms with Gasteiger partial charge in [0.25, 0.3) is 0 Å². The molecule has 0 spiro atoms. The Labute approximate surface area is 130 Å². The quantitative estimate of drug-likeness (QED) is 0.297. The van der Waals surface area contributed by atoms with Gasteiger partial charge in [0.05, 0.1) is 29.6 Å². The summed E-state index contributed by atoms with van der Waals surface area (Å²) in [5, 5.41) is 1.56. The zero-order valence-corrected chi connectivity index (χ0v) is 12.0. The van der Waals surface area contributed by atoms with Gasteiger partial charge in [-0.05, 0) is 12.1 Å². The van der Waals surface area contributed by atoms with E-state index in [0.29, 0.717) is 10.9 Å². The maximum atomic E-state index is 11.7. The third-order valence-corrected chi connectivity index (χ3v) is 3.75. The fraction of sp³-hybridized carbons (Fsp3) is 0.118. The minimum atomic E-state index is -0.511. The Hall–Kier alpha value is -3.15. The second-order valence-electron chi connectivity index (χ2n) is 5.31. The second kappa shape index (κ2) is 4.95. The van der Waals surface area contributed by atoms with Crippen LogP contribution in [0.3, 0.4) is 0 Å². The summed E-state index contributed by atoms with van der Waals surface area (Å²) in [5.41, 5.74) is 7.76. The number of ether oxygens (including phenoxy) is 2. The number of hydrogen-bond donors (Lipinski definition) is 1. The molecule has 0 unspecified atom stereocenters. The van der Waals surface area contributed by atoms with Crippen molar-refractivity contribution in [1.82, 2.24) is 4.98 Å². The SMILES string of the molecule is Nc1c2c(cc3nc4ccccc4cc13)OC(=O)CCC(=O)O2. The summed E-state index contributed by atoms with van der Waals surface area (Å²) in [7, 11) is 0. The number of para-hydroxylation sites is 1. The number of fused-ring (bicyclic) bond motifs is 3. The maximum Gasteiger partial charge on any atom is 0.311 e. The molecule has 2 aromatic carbocycles. The Morgan fingerprint density at radius 3 is 2.52 bits per heavy atom. The zero-order valence-electron chi connectivity index (χ0n) is 12.0. The van der Waals surface area contributed by atoms with Crippen molar-refractivity contribution in [3.63, 3.8) is 0 Å². The number of rotatable bonds is 0. The van der Waals surface area contributed by atoms with Crippen molar-refractivity contribution in [3.05, 3.63) is 36.4 Å². The zero-order chi connectivity index (χ0) is 16.0. The molecule has 0 aliphatic carbocycles. The standard InChI is InChI=1S/C17H12N2O4/c18-16-10-7-9-3-1-2-4-11(9)19-12(10)8-13-17(16)23-15(21)6-5-14(20)22-13/h1-4,7-8H,5-6,18H2. The van der Waals surface area contributed by atoms with Crippen LogP contribution in [-0.4, -0.2) is 16.9 Å². The molecule has 114 valence electrons. The molecule has 1 aliphatic rings. The van der Waals surface area contributed by atoms with Crippen LogP contribution in [0.25, 0.3) is 21.8 Å². The number of esters is 2. The van der Waals surface area contributed by atoms with Crippen molar-refractivity contribution >= 4 is 39.4 Å². The molecule has 6 nitrogen and oxygen atoms in total. The van der Waals surface area contributed by atoms with Gasteiger partial charge in [-0.2, -0.15) is 0 Å². The van der Waals surface area contributed by atoms with Gasteiger partial charge in [0.1, 0.15) is 0 Å². The lowest BCUT2D eigenvalue weighted by molar-refractivity contribution is -0.142. The van der Waals surface area contributed by atoms with Crippen LogP contribution in [0.5, 0.6) is 11.5 Å². The first kappa shape index (κ1) is 13.5. The summed E-state index contributed by atoms with van der Waals surface area (Å²) in [5.74, 6) is -0.811. The fourth-order valence-electron chi connectivity index (χ4n) is 2.63. The van der Waals surface area contributed by atoms with E-state index in [9.17, 15) is 9.59 Å². The summed E-state index contributed by atoms with van der Waals surface area (Å²) in [6, 6.07) is 11.0. The van der Waals surface area contributed by atoms with E-state index in [0.717, 1.165) is 10.9 Å². The Kier molecular flexibility index (Phi) is 2.90. The summed E-state index contributed by atoms with van der Waals surface area (Å²) >= 11 is 0. The van der Waals surface area contributed by atoms with E-state index in [1.54, 1.807) is 6.07 Å². The van der Waals surface area contributed by atoms with E-state index >= 15 is 0 Å². The number of aromatic nitrogens is 1. The Bertz CT molecular complexity index is 981. The van der Waals surface area contributed by atoms with Crippen molar-refractivity contribution in [2.24, 2.45) is 0 Å². The smallest absolute Gasteiger partial charge is 0.311 e. The first-order valence-electron chi connectivity index (χ1n) is 7.15. The van der Waals surface area contributed by atoms with Gasteiger partial charge in [0.15, 0.2) is 11.5 Å². The van der Waals surface area contributed by atoms with Gasteiger partial charge in [-0.15, -0.1) is 0 Å². The highest BCUT2D eigenvalue weighted by atomic mass is 16.6. The largest absolute Gasteiger partial charge is 0.422 e. The number of carbonyl (C=O) groups excluding carboxylic acids is 2. The highest BCUT2D eigenvalue weighted by Crippen LogP contribution is 2.41. The number of nitrogen functional groups attached to an aromatic ring is 1. The molecule has 6 heteroatoms. The lowest BCUT2D eigenvalue weighted by Gasteiger charge is -2.17. The number of pyridine rings is 1. The van der Waals surface area contributed by atoms with Crippen LogP contribution < -0.4 is 15.2 Å². The molecule has 0 radical (unpaired) electrons. The van der Waals surface area contributed by atoms with Gasteiger partial charge in [0.2, 0.25) is 0 Å². The monoisotopic (exact) mass is 308 g/mol. The Morgan fingerprint density at radius 1 is 0.957 bits per heavy atom. The second-order valence-corrected chi connectivity index (χ2v) is 5.31. The van der Waals surface area contributed by atoms with Crippen LogP contribution in [0.15, 0.2) is 36.4 Å². The lowest BCUT2D eigenvalue weighted by Crippen LogP contribution is -2.19. The van der Waals surface area contributed by atoms with Crippen molar-refractivity contribution in [2.45, 2.75) is 12.8 Å². The van der Waals surface area contributed by atoms with Crippen LogP contribution in [0.4, 0.5) is 5.69 Å². The molecule has 0 fully saturated rings. The summed E-state index contributed by atoms with van der Waals surface area (Å²) in [4.78, 5) is 28.0. The first-order chi connectivity index (χ1) is 11.1. The molecule has 2 heterocycles. The molecule has 23 heavy (non-hydrogen) atoms. The Morgan fingerprint density at radius 2 is 1.70 bits per heavy atom. The van der Waals surface area contributed by atoms with E-state index in [2.05, 4.69) is 4.98 Å². The van der Waals surface area contributed by atoms with E-state index in [1.165, 1.54) is 0 Å². The third kappa shape index (κ3) is 2.24. The van der Waals surface area contributed by atoms with E-state index in [1.807, 2.05) is 30.3 Å². The topological polar surface area (TPSA) is 91.5 Å². The van der Waals surface area contributed by atoms with Crippen molar-refractivity contribution in [2.75, 3.05) is 5.73 Å². The number of nitrogens with zero attached hydrogens (tertiary/aromatic N) is 1. The number of anilines is 1. The minimum absolute atomic E-state index is 0.0264. The number of hydrogen-bond acceptors (Lipinski definition) is 6. The van der Waals surface area contributed by atoms with Crippen molar-refractivity contribution in [3.8, 4) is 11.5 Å². The summed E-state index contributed by atoms with van der Waals surface area (Å²) < 4.78 is 10.5. The number of carbonyl (C=O) groups is 2. The fourth-order valence-corrected chi connectivity index (χ4v) is 2.63. The molecule has 0 bridgehead atoms. The number of nitrogens with two attached hydrogens (primary N) is 1. The lowest BCUT2D eigenvalue weighted by atomic mass is 10.1. The molecular weight excluding hydrogens is 296 g/mol. The molecule has 0 saturated heterocycles. The maximum absolute atomic E-state index is 11.7. The molecule has 0 saturated carbocycles. The predicted molar refractivity (Wildman–Crippen MR) is 84.2 cm³/mol. The Balaban J connectivity index is 2.02. The average molecular weight is 308 g/mol. The van der Waals surface area contributed by atoms with Gasteiger partial charge >= 0.3 is 11.9 Å². The highest BCUT2D eigenvalue weighted by Gasteiger charge is 2.23. The van der Waals surface area contributed by atoms with Crippen LogP contribution in [0, 0.1) is 0 Å². The third-order valence-electron chi connectivity index (χ3n) is 3.75. The average Bonchev–Trinajstić information content (AvgIpc) is 2.54. The first-order valence-corrected chi connectivity index (χ1v) is 7.15. The molecule has 1 aliphatic heterocycles.